The first-order valence-electron chi connectivity index (χ1n) is 3.92. The molecule has 72 valence electrons. The second-order valence-corrected chi connectivity index (χ2v) is 2.96. The van der Waals surface area contributed by atoms with Crippen LogP contribution in [-0.2, 0) is 4.74 Å². The second kappa shape index (κ2) is 4.15. The van der Waals surface area contributed by atoms with E-state index in [-0.39, 0.29) is 19.6 Å². The van der Waals surface area contributed by atoms with Crippen molar-refractivity contribution < 1.29 is 25.2 Å². The Morgan fingerprint density at radius 2 is 1.83 bits per heavy atom. The zero-order chi connectivity index (χ0) is 9.14. The molecule has 0 aromatic heterocycles. The molecule has 1 rings (SSSR count). The predicted molar refractivity (Wildman–Crippen MR) is 39.5 cm³/mol. The fraction of sp³-hybridized carbons (Fsp3) is 1.00. The summed E-state index contributed by atoms with van der Waals surface area (Å²) in [6, 6.07) is 0. The zero-order valence-electron chi connectivity index (χ0n) is 6.63. The third-order valence-corrected chi connectivity index (χ3v) is 2.03. The van der Waals surface area contributed by atoms with E-state index in [2.05, 4.69) is 0 Å². The Hall–Kier alpha value is -0.200. The van der Waals surface area contributed by atoms with Gasteiger partial charge in [-0.1, -0.05) is 0 Å². The van der Waals surface area contributed by atoms with Crippen LogP contribution in [0.3, 0.4) is 0 Å². The Morgan fingerprint density at radius 3 is 2.33 bits per heavy atom. The van der Waals surface area contributed by atoms with Crippen LogP contribution in [0.25, 0.3) is 0 Å². The number of aliphatic hydroxyl groups excluding tert-OH is 4. The monoisotopic (exact) mass is 178 g/mol. The second-order valence-electron chi connectivity index (χ2n) is 2.96. The first-order chi connectivity index (χ1) is 5.69. The van der Waals surface area contributed by atoms with Crippen LogP contribution in [0.4, 0.5) is 0 Å². The van der Waals surface area contributed by atoms with Gasteiger partial charge in [-0.15, -0.1) is 0 Å². The molecule has 0 radical (unpaired) electrons. The highest BCUT2D eigenvalue weighted by Crippen LogP contribution is 2.19. The maximum absolute atomic E-state index is 9.23. The lowest BCUT2D eigenvalue weighted by Gasteiger charge is -2.35. The van der Waals surface area contributed by atoms with Crippen molar-refractivity contribution in [1.82, 2.24) is 0 Å². The summed E-state index contributed by atoms with van der Waals surface area (Å²) in [6.45, 7) is -0.561. The van der Waals surface area contributed by atoms with Crippen LogP contribution in [0.5, 0.6) is 0 Å². The Morgan fingerprint density at radius 1 is 1.17 bits per heavy atom. The van der Waals surface area contributed by atoms with E-state index in [0.717, 1.165) is 0 Å². The molecule has 0 spiro atoms. The van der Waals surface area contributed by atoms with E-state index < -0.39 is 24.4 Å². The van der Waals surface area contributed by atoms with Crippen molar-refractivity contribution in [2.45, 2.75) is 30.8 Å². The topological polar surface area (TPSA) is 90.2 Å². The number of aliphatic hydroxyl groups is 4. The lowest BCUT2D eigenvalue weighted by atomic mass is 9.98. The van der Waals surface area contributed by atoms with Crippen molar-refractivity contribution in [3.63, 3.8) is 0 Å². The molecule has 0 aromatic carbocycles. The van der Waals surface area contributed by atoms with Crippen LogP contribution in [0, 0.1) is 0 Å². The molecule has 4 unspecified atom stereocenters. The Bertz CT molecular complexity index is 140. The van der Waals surface area contributed by atoms with Gasteiger partial charge in [0.1, 0.15) is 12.2 Å². The van der Waals surface area contributed by atoms with E-state index in [1.807, 2.05) is 0 Å². The minimum absolute atomic E-state index is 0.203. The molecule has 0 amide bonds. The molecule has 12 heavy (non-hydrogen) atoms. The van der Waals surface area contributed by atoms with Crippen molar-refractivity contribution in [2.75, 3.05) is 13.2 Å². The van der Waals surface area contributed by atoms with Gasteiger partial charge in [0.15, 0.2) is 0 Å². The summed E-state index contributed by atoms with van der Waals surface area (Å²) < 4.78 is 5.06. The average Bonchev–Trinajstić information content (AvgIpc) is 2.09. The van der Waals surface area contributed by atoms with E-state index in [1.54, 1.807) is 0 Å². The predicted octanol–water partition coefficient (Wildman–Crippen LogP) is -2.15. The van der Waals surface area contributed by atoms with Crippen LogP contribution < -0.4 is 0 Å². The van der Waals surface area contributed by atoms with Crippen molar-refractivity contribution in [2.24, 2.45) is 0 Å². The summed E-state index contributed by atoms with van der Waals surface area (Å²) in [6.07, 6.45) is -3.05. The normalized spacial score (nSPS) is 43.0. The molecular weight excluding hydrogens is 164 g/mol. The molecule has 4 N–H and O–H groups in total. The largest absolute Gasteiger partial charge is 0.394 e. The molecule has 4 atom stereocenters. The summed E-state index contributed by atoms with van der Waals surface area (Å²) in [5.41, 5.74) is 0. The van der Waals surface area contributed by atoms with E-state index >= 15 is 0 Å². The van der Waals surface area contributed by atoms with Crippen LogP contribution >= 0.6 is 0 Å². The van der Waals surface area contributed by atoms with Gasteiger partial charge >= 0.3 is 0 Å². The van der Waals surface area contributed by atoms with E-state index in [0.29, 0.717) is 0 Å². The van der Waals surface area contributed by atoms with Crippen LogP contribution in [-0.4, -0.2) is 58.1 Å². The molecule has 1 aliphatic heterocycles. The molecule has 5 heteroatoms. The van der Waals surface area contributed by atoms with Gasteiger partial charge in [0, 0.05) is 6.42 Å². The zero-order valence-corrected chi connectivity index (χ0v) is 6.63. The molecule has 0 saturated carbocycles. The lowest BCUT2D eigenvalue weighted by molar-refractivity contribution is -0.187. The standard InChI is InChI=1S/C7H14O5/c8-2-4-1-5(10)7(11)6(3-9)12-4/h4-11H,1-3H2. The average molecular weight is 178 g/mol. The third kappa shape index (κ3) is 1.94. The molecule has 5 nitrogen and oxygen atoms in total. The van der Waals surface area contributed by atoms with Gasteiger partial charge in [-0.25, -0.2) is 0 Å². The molecular formula is C7H14O5. The van der Waals surface area contributed by atoms with E-state index in [9.17, 15) is 10.2 Å². The fourth-order valence-electron chi connectivity index (χ4n) is 1.31. The van der Waals surface area contributed by atoms with E-state index in [1.165, 1.54) is 0 Å². The van der Waals surface area contributed by atoms with Gasteiger partial charge < -0.3 is 25.2 Å². The van der Waals surface area contributed by atoms with Crippen molar-refractivity contribution in [1.29, 1.82) is 0 Å². The lowest BCUT2D eigenvalue weighted by Crippen LogP contribution is -2.50. The van der Waals surface area contributed by atoms with Gasteiger partial charge in [-0.2, -0.15) is 0 Å². The highest BCUT2D eigenvalue weighted by Gasteiger charge is 2.35. The smallest absolute Gasteiger partial charge is 0.109 e. The fourth-order valence-corrected chi connectivity index (χ4v) is 1.31. The van der Waals surface area contributed by atoms with Gasteiger partial charge in [0.05, 0.1) is 25.4 Å². The maximum Gasteiger partial charge on any atom is 0.109 e. The van der Waals surface area contributed by atoms with Gasteiger partial charge in [0.2, 0.25) is 0 Å². The SMILES string of the molecule is OCC1CC(O)C(O)C(CO)O1. The van der Waals surface area contributed by atoms with Crippen molar-refractivity contribution >= 4 is 0 Å². The number of rotatable bonds is 2. The minimum Gasteiger partial charge on any atom is -0.394 e. The molecule has 0 aliphatic carbocycles. The number of hydrogen-bond acceptors (Lipinski definition) is 5. The van der Waals surface area contributed by atoms with Crippen LogP contribution in [0.1, 0.15) is 6.42 Å². The molecule has 1 aliphatic rings. The van der Waals surface area contributed by atoms with Crippen LogP contribution in [0.2, 0.25) is 0 Å². The van der Waals surface area contributed by atoms with Gasteiger partial charge in [-0.05, 0) is 0 Å². The number of hydrogen-bond donors (Lipinski definition) is 4. The Labute approximate surface area is 70.2 Å². The number of ether oxygens (including phenoxy) is 1. The Kier molecular flexibility index (Phi) is 3.42. The Balaban J connectivity index is 2.52. The van der Waals surface area contributed by atoms with E-state index in [4.69, 9.17) is 14.9 Å². The quantitative estimate of drug-likeness (QED) is 0.387. The summed E-state index contributed by atoms with van der Waals surface area (Å²) in [4.78, 5) is 0. The van der Waals surface area contributed by atoms with Crippen molar-refractivity contribution in [3.8, 4) is 0 Å². The maximum atomic E-state index is 9.23. The summed E-state index contributed by atoms with van der Waals surface area (Å²) in [7, 11) is 0. The molecule has 0 bridgehead atoms. The van der Waals surface area contributed by atoms with Gasteiger partial charge in [-0.3, -0.25) is 0 Å². The molecule has 0 aromatic rings. The minimum atomic E-state index is -1.06. The first kappa shape index (κ1) is 9.88. The summed E-state index contributed by atoms with van der Waals surface area (Å²) in [5, 5.41) is 35.9. The summed E-state index contributed by atoms with van der Waals surface area (Å²) in [5.74, 6) is 0. The molecule has 1 fully saturated rings. The summed E-state index contributed by atoms with van der Waals surface area (Å²) >= 11 is 0. The third-order valence-electron chi connectivity index (χ3n) is 2.03. The van der Waals surface area contributed by atoms with Crippen molar-refractivity contribution in [3.05, 3.63) is 0 Å². The highest BCUT2D eigenvalue weighted by atomic mass is 16.5. The van der Waals surface area contributed by atoms with Gasteiger partial charge in [0.25, 0.3) is 0 Å². The van der Waals surface area contributed by atoms with Crippen LogP contribution in [0.15, 0.2) is 0 Å². The first-order valence-corrected chi connectivity index (χ1v) is 3.92. The molecule has 1 heterocycles. The highest BCUT2D eigenvalue weighted by molar-refractivity contribution is 4.84. The molecule has 1 saturated heterocycles.